The number of hydrogen-bond acceptors (Lipinski definition) is 6. The number of anilines is 1. The molecule has 4 heterocycles. The fourth-order valence-electron chi connectivity index (χ4n) is 3.96. The number of nitrogens with zero attached hydrogens (tertiary/aromatic N) is 5. The van der Waals surface area contributed by atoms with E-state index in [0.29, 0.717) is 25.5 Å². The van der Waals surface area contributed by atoms with Crippen molar-refractivity contribution in [1.82, 2.24) is 24.3 Å². The molecule has 5 rings (SSSR count). The van der Waals surface area contributed by atoms with Gasteiger partial charge in [-0.25, -0.2) is 9.31 Å². The van der Waals surface area contributed by atoms with Crippen LogP contribution in [0.3, 0.4) is 0 Å². The third-order valence-electron chi connectivity index (χ3n) is 5.92. The standard InChI is InChI=1S/C24H30N6O4/c1-24(2,3)34-23(32)29-12-19(13-29)33-14-17-11-25-28(4)21(17)16-7-8-30-18(9-16)10-20(27-30)26-22(31)15-5-6-15/h7-11,15,19H,5-6,12-14H2,1-4H3,(H,26,27,31). The zero-order chi connectivity index (χ0) is 24.0. The molecule has 2 aliphatic rings. The van der Waals surface area contributed by atoms with Crippen molar-refractivity contribution in [2.24, 2.45) is 13.0 Å². The minimum atomic E-state index is -0.506. The summed E-state index contributed by atoms with van der Waals surface area (Å²) >= 11 is 0. The van der Waals surface area contributed by atoms with Gasteiger partial charge in [0.05, 0.1) is 43.2 Å². The Morgan fingerprint density at radius 1 is 1.21 bits per heavy atom. The lowest BCUT2D eigenvalue weighted by Crippen LogP contribution is -2.55. The average Bonchev–Trinajstić information content (AvgIpc) is 3.40. The first-order chi connectivity index (χ1) is 16.2. The molecule has 1 saturated heterocycles. The number of aryl methyl sites for hydroxylation is 1. The number of likely N-dealkylation sites (tertiary alicyclic amines) is 1. The number of rotatable bonds is 6. The van der Waals surface area contributed by atoms with Crippen LogP contribution in [0.5, 0.6) is 0 Å². The summed E-state index contributed by atoms with van der Waals surface area (Å²) in [5.41, 5.74) is 3.27. The quantitative estimate of drug-likeness (QED) is 0.598. The van der Waals surface area contributed by atoms with E-state index in [0.717, 1.165) is 35.2 Å². The van der Waals surface area contributed by atoms with E-state index in [1.54, 1.807) is 9.42 Å². The Hall–Kier alpha value is -3.40. The van der Waals surface area contributed by atoms with Gasteiger partial charge in [0.15, 0.2) is 5.82 Å². The highest BCUT2D eigenvalue weighted by Gasteiger charge is 2.34. The lowest BCUT2D eigenvalue weighted by molar-refractivity contribution is -0.117. The summed E-state index contributed by atoms with van der Waals surface area (Å²) < 4.78 is 15.0. The summed E-state index contributed by atoms with van der Waals surface area (Å²) in [4.78, 5) is 25.8. The van der Waals surface area contributed by atoms with E-state index in [1.165, 1.54) is 0 Å². The number of nitrogens with one attached hydrogen (secondary N) is 1. The number of carbonyl (C=O) groups is 2. The predicted octanol–water partition coefficient (Wildman–Crippen LogP) is 3.22. The Labute approximate surface area is 197 Å². The predicted molar refractivity (Wildman–Crippen MR) is 125 cm³/mol. The minimum Gasteiger partial charge on any atom is -0.444 e. The zero-order valence-electron chi connectivity index (χ0n) is 19.9. The van der Waals surface area contributed by atoms with E-state index in [4.69, 9.17) is 9.47 Å². The van der Waals surface area contributed by atoms with Crippen LogP contribution in [0.25, 0.3) is 16.8 Å². The van der Waals surface area contributed by atoms with Crippen molar-refractivity contribution in [3.8, 4) is 11.3 Å². The van der Waals surface area contributed by atoms with Gasteiger partial charge in [-0.15, -0.1) is 0 Å². The van der Waals surface area contributed by atoms with Gasteiger partial charge >= 0.3 is 6.09 Å². The van der Waals surface area contributed by atoms with E-state index in [2.05, 4.69) is 15.5 Å². The molecular weight excluding hydrogens is 436 g/mol. The third kappa shape index (κ3) is 4.77. The molecule has 180 valence electrons. The molecule has 1 saturated carbocycles. The second kappa shape index (κ2) is 8.43. The van der Waals surface area contributed by atoms with Crippen LogP contribution in [0.2, 0.25) is 0 Å². The molecule has 0 radical (unpaired) electrons. The number of fused-ring (bicyclic) bond motifs is 1. The van der Waals surface area contributed by atoms with Crippen LogP contribution < -0.4 is 5.32 Å². The Balaban J connectivity index is 1.23. The number of ether oxygens (including phenoxy) is 2. The van der Waals surface area contributed by atoms with E-state index in [9.17, 15) is 9.59 Å². The molecule has 34 heavy (non-hydrogen) atoms. The molecule has 0 atom stereocenters. The van der Waals surface area contributed by atoms with Crippen molar-refractivity contribution in [2.75, 3.05) is 18.4 Å². The van der Waals surface area contributed by atoms with Crippen LogP contribution in [-0.2, 0) is 27.9 Å². The van der Waals surface area contributed by atoms with Gasteiger partial charge in [-0.3, -0.25) is 9.48 Å². The smallest absolute Gasteiger partial charge is 0.410 e. The van der Waals surface area contributed by atoms with Crippen LogP contribution in [0.1, 0.15) is 39.2 Å². The maximum Gasteiger partial charge on any atom is 0.410 e. The monoisotopic (exact) mass is 466 g/mol. The van der Waals surface area contributed by atoms with E-state index >= 15 is 0 Å². The summed E-state index contributed by atoms with van der Waals surface area (Å²) in [6.45, 7) is 6.99. The fourth-order valence-corrected chi connectivity index (χ4v) is 3.96. The molecule has 2 fully saturated rings. The summed E-state index contributed by atoms with van der Waals surface area (Å²) in [7, 11) is 1.90. The molecule has 1 aliphatic heterocycles. The number of aromatic nitrogens is 4. The molecule has 3 aromatic heterocycles. The van der Waals surface area contributed by atoms with Crippen molar-refractivity contribution in [3.05, 3.63) is 36.2 Å². The SMILES string of the molecule is Cn1ncc(COC2CN(C(=O)OC(C)(C)C)C2)c1-c1ccn2nc(NC(=O)C3CC3)cc2c1. The Bertz CT molecular complexity index is 1230. The van der Waals surface area contributed by atoms with Crippen LogP contribution >= 0.6 is 0 Å². The Morgan fingerprint density at radius 2 is 1.97 bits per heavy atom. The molecule has 10 nitrogen and oxygen atoms in total. The first-order valence-electron chi connectivity index (χ1n) is 11.6. The van der Waals surface area contributed by atoms with Gasteiger partial charge in [0.1, 0.15) is 5.60 Å². The fraction of sp³-hybridized carbons (Fsp3) is 0.500. The molecule has 2 amide bonds. The zero-order valence-corrected chi connectivity index (χ0v) is 19.9. The van der Waals surface area contributed by atoms with Crippen LogP contribution in [-0.4, -0.2) is 61.1 Å². The summed E-state index contributed by atoms with van der Waals surface area (Å²) in [6, 6.07) is 5.87. The average molecular weight is 467 g/mol. The van der Waals surface area contributed by atoms with Crippen LogP contribution in [0.15, 0.2) is 30.6 Å². The highest BCUT2D eigenvalue weighted by Crippen LogP contribution is 2.31. The van der Waals surface area contributed by atoms with Gasteiger partial charge in [-0.05, 0) is 45.7 Å². The molecule has 0 unspecified atom stereocenters. The van der Waals surface area contributed by atoms with Gasteiger partial charge in [0.25, 0.3) is 0 Å². The van der Waals surface area contributed by atoms with Crippen LogP contribution in [0.4, 0.5) is 10.6 Å². The molecule has 0 bridgehead atoms. The highest BCUT2D eigenvalue weighted by molar-refractivity contribution is 5.93. The molecule has 0 spiro atoms. The Morgan fingerprint density at radius 3 is 2.68 bits per heavy atom. The van der Waals surface area contributed by atoms with Gasteiger partial charge in [-0.1, -0.05) is 0 Å². The minimum absolute atomic E-state index is 0.0319. The van der Waals surface area contributed by atoms with Crippen molar-refractivity contribution < 1.29 is 19.1 Å². The lowest BCUT2D eigenvalue weighted by atomic mass is 10.1. The number of amides is 2. The molecule has 1 N–H and O–H groups in total. The summed E-state index contributed by atoms with van der Waals surface area (Å²) in [6.07, 6.45) is 5.25. The number of pyridine rings is 1. The maximum absolute atomic E-state index is 12.1. The first kappa shape index (κ1) is 22.4. The number of carbonyl (C=O) groups excluding carboxylic acids is 2. The van der Waals surface area contributed by atoms with Gasteiger partial charge < -0.3 is 19.7 Å². The second-order valence-electron chi connectivity index (χ2n) is 10.0. The normalized spacial score (nSPS) is 16.5. The van der Waals surface area contributed by atoms with Crippen LogP contribution in [0, 0.1) is 5.92 Å². The Kier molecular flexibility index (Phi) is 5.55. The highest BCUT2D eigenvalue weighted by atomic mass is 16.6. The van der Waals surface area contributed by atoms with Crippen molar-refractivity contribution in [1.29, 1.82) is 0 Å². The van der Waals surface area contributed by atoms with E-state index in [1.807, 2.05) is 63.1 Å². The summed E-state index contributed by atoms with van der Waals surface area (Å²) in [5.74, 6) is 0.724. The maximum atomic E-state index is 12.1. The third-order valence-corrected chi connectivity index (χ3v) is 5.92. The second-order valence-corrected chi connectivity index (χ2v) is 10.0. The van der Waals surface area contributed by atoms with E-state index < -0.39 is 5.60 Å². The topological polar surface area (TPSA) is 103 Å². The first-order valence-corrected chi connectivity index (χ1v) is 11.6. The molecular formula is C24H30N6O4. The molecule has 3 aromatic rings. The number of hydrogen-bond donors (Lipinski definition) is 1. The van der Waals surface area contributed by atoms with Gasteiger partial charge in [0, 0.05) is 36.4 Å². The van der Waals surface area contributed by atoms with Crippen molar-refractivity contribution in [3.63, 3.8) is 0 Å². The molecule has 0 aromatic carbocycles. The molecule has 10 heteroatoms. The van der Waals surface area contributed by atoms with Gasteiger partial charge in [0.2, 0.25) is 5.91 Å². The largest absolute Gasteiger partial charge is 0.444 e. The van der Waals surface area contributed by atoms with Crippen molar-refractivity contribution in [2.45, 2.75) is 51.9 Å². The summed E-state index contributed by atoms with van der Waals surface area (Å²) in [5, 5.41) is 11.8. The molecule has 1 aliphatic carbocycles. The lowest BCUT2D eigenvalue weighted by Gasteiger charge is -2.39. The van der Waals surface area contributed by atoms with E-state index in [-0.39, 0.29) is 24.0 Å². The van der Waals surface area contributed by atoms with Gasteiger partial charge in [-0.2, -0.15) is 10.2 Å². The van der Waals surface area contributed by atoms with Crippen molar-refractivity contribution >= 4 is 23.3 Å².